The minimum atomic E-state index is -0.476. The maximum atomic E-state index is 11.3. The van der Waals surface area contributed by atoms with Crippen molar-refractivity contribution >= 4 is 11.6 Å². The first kappa shape index (κ1) is 12.1. The number of aromatic nitrogens is 2. The average molecular weight is 262 g/mol. The van der Waals surface area contributed by atoms with E-state index in [-0.39, 0.29) is 10.9 Å². The summed E-state index contributed by atoms with van der Waals surface area (Å²) >= 11 is 5.77. The second kappa shape index (κ2) is 4.90. The van der Waals surface area contributed by atoms with E-state index in [0.29, 0.717) is 11.3 Å². The van der Waals surface area contributed by atoms with Crippen LogP contribution < -0.4 is 10.3 Å². The van der Waals surface area contributed by atoms with Gasteiger partial charge in [0.2, 0.25) is 5.88 Å². The van der Waals surface area contributed by atoms with Crippen molar-refractivity contribution in [3.63, 3.8) is 0 Å². The monoisotopic (exact) mass is 261 g/mol. The molecule has 1 aromatic heterocycles. The predicted octanol–water partition coefficient (Wildman–Crippen LogP) is 2.40. The number of nitrogens with zero attached hydrogens (tertiary/aromatic N) is 2. The third-order valence-electron chi connectivity index (χ3n) is 2.29. The lowest BCUT2D eigenvalue weighted by Gasteiger charge is -2.08. The molecular formula is C12H8ClN3O2. The van der Waals surface area contributed by atoms with Crippen molar-refractivity contribution < 1.29 is 4.74 Å². The van der Waals surface area contributed by atoms with Crippen LogP contribution in [0.3, 0.4) is 0 Å². The number of nitrogens with one attached hydrogen (secondary N) is 1. The van der Waals surface area contributed by atoms with Crippen LogP contribution in [0.25, 0.3) is 0 Å². The lowest BCUT2D eigenvalue weighted by molar-refractivity contribution is 0.457. The molecule has 0 aliphatic heterocycles. The molecule has 0 bridgehead atoms. The van der Waals surface area contributed by atoms with Crippen LogP contribution >= 0.6 is 11.6 Å². The SMILES string of the molecule is Cc1ccc(C#N)cc1Oc1nc[nH]c(=O)c1Cl. The number of H-pyrrole nitrogens is 1. The number of nitriles is 1. The molecule has 0 amide bonds. The fraction of sp³-hybridized carbons (Fsp3) is 0.0833. The van der Waals surface area contributed by atoms with Gasteiger partial charge < -0.3 is 9.72 Å². The van der Waals surface area contributed by atoms with Crippen molar-refractivity contribution in [2.45, 2.75) is 6.92 Å². The molecule has 5 nitrogen and oxygen atoms in total. The second-order valence-corrected chi connectivity index (χ2v) is 3.92. The van der Waals surface area contributed by atoms with Crippen LogP contribution in [0.1, 0.15) is 11.1 Å². The van der Waals surface area contributed by atoms with E-state index < -0.39 is 5.56 Å². The van der Waals surface area contributed by atoms with Crippen LogP contribution in [0.4, 0.5) is 0 Å². The summed E-state index contributed by atoms with van der Waals surface area (Å²) in [5.74, 6) is 0.452. The Morgan fingerprint density at radius 1 is 1.50 bits per heavy atom. The zero-order chi connectivity index (χ0) is 13.1. The van der Waals surface area contributed by atoms with Gasteiger partial charge in [0.05, 0.1) is 18.0 Å². The molecule has 1 aromatic carbocycles. The van der Waals surface area contributed by atoms with Crippen LogP contribution in [-0.2, 0) is 0 Å². The molecule has 0 aliphatic rings. The fourth-order valence-electron chi connectivity index (χ4n) is 1.32. The largest absolute Gasteiger partial charge is 0.437 e. The third-order valence-corrected chi connectivity index (χ3v) is 2.62. The summed E-state index contributed by atoms with van der Waals surface area (Å²) in [5, 5.41) is 8.69. The van der Waals surface area contributed by atoms with Crippen LogP contribution in [0.15, 0.2) is 29.3 Å². The van der Waals surface area contributed by atoms with Crippen molar-refractivity contribution in [3.8, 4) is 17.7 Å². The zero-order valence-electron chi connectivity index (χ0n) is 9.40. The topological polar surface area (TPSA) is 78.8 Å². The van der Waals surface area contributed by atoms with Gasteiger partial charge >= 0.3 is 0 Å². The van der Waals surface area contributed by atoms with E-state index in [1.165, 1.54) is 6.33 Å². The molecular weight excluding hydrogens is 254 g/mol. The first-order valence-corrected chi connectivity index (χ1v) is 5.41. The predicted molar refractivity (Wildman–Crippen MR) is 65.8 cm³/mol. The Bertz CT molecular complexity index is 688. The van der Waals surface area contributed by atoms with E-state index >= 15 is 0 Å². The molecule has 0 radical (unpaired) electrons. The molecule has 6 heteroatoms. The summed E-state index contributed by atoms with van der Waals surface area (Å²) in [4.78, 5) is 17.4. The van der Waals surface area contributed by atoms with E-state index in [1.54, 1.807) is 18.2 Å². The van der Waals surface area contributed by atoms with Crippen LogP contribution in [0.2, 0.25) is 5.02 Å². The van der Waals surface area contributed by atoms with Crippen molar-refractivity contribution in [1.82, 2.24) is 9.97 Å². The van der Waals surface area contributed by atoms with Gasteiger partial charge in [0.1, 0.15) is 5.75 Å². The molecule has 18 heavy (non-hydrogen) atoms. The average Bonchev–Trinajstić information content (AvgIpc) is 2.37. The lowest BCUT2D eigenvalue weighted by atomic mass is 10.1. The highest BCUT2D eigenvalue weighted by molar-refractivity contribution is 6.31. The van der Waals surface area contributed by atoms with Gasteiger partial charge in [-0.05, 0) is 24.6 Å². The summed E-state index contributed by atoms with van der Waals surface area (Å²) in [7, 11) is 0. The summed E-state index contributed by atoms with van der Waals surface area (Å²) in [6.45, 7) is 1.82. The van der Waals surface area contributed by atoms with Crippen LogP contribution in [-0.4, -0.2) is 9.97 Å². The number of benzene rings is 1. The Labute approximate surface area is 108 Å². The van der Waals surface area contributed by atoms with Gasteiger partial charge in [-0.1, -0.05) is 17.7 Å². The molecule has 0 unspecified atom stereocenters. The number of aryl methyl sites for hydroxylation is 1. The van der Waals surface area contributed by atoms with E-state index in [2.05, 4.69) is 9.97 Å². The first-order chi connectivity index (χ1) is 8.61. The number of halogens is 1. The highest BCUT2D eigenvalue weighted by Gasteiger charge is 2.10. The molecule has 0 atom stereocenters. The van der Waals surface area contributed by atoms with Gasteiger partial charge in [-0.3, -0.25) is 4.79 Å². The van der Waals surface area contributed by atoms with Crippen molar-refractivity contribution in [1.29, 1.82) is 5.26 Å². The van der Waals surface area contributed by atoms with Gasteiger partial charge in [-0.15, -0.1) is 0 Å². The molecule has 0 saturated carbocycles. The van der Waals surface area contributed by atoms with Gasteiger partial charge in [0.15, 0.2) is 5.02 Å². The summed E-state index contributed by atoms with van der Waals surface area (Å²) in [6, 6.07) is 6.99. The molecule has 0 fully saturated rings. The van der Waals surface area contributed by atoms with E-state index in [1.807, 2.05) is 13.0 Å². The van der Waals surface area contributed by atoms with E-state index in [4.69, 9.17) is 21.6 Å². The molecule has 0 spiro atoms. The van der Waals surface area contributed by atoms with E-state index in [0.717, 1.165) is 5.56 Å². The van der Waals surface area contributed by atoms with Gasteiger partial charge in [-0.25, -0.2) is 4.98 Å². The molecule has 1 N–H and O–H groups in total. The van der Waals surface area contributed by atoms with Gasteiger partial charge in [0, 0.05) is 0 Å². The quantitative estimate of drug-likeness (QED) is 0.900. The van der Waals surface area contributed by atoms with Crippen LogP contribution in [0.5, 0.6) is 11.6 Å². The maximum absolute atomic E-state index is 11.3. The van der Waals surface area contributed by atoms with Crippen LogP contribution in [0, 0.1) is 18.3 Å². The molecule has 2 aromatic rings. The number of rotatable bonds is 2. The summed E-state index contributed by atoms with van der Waals surface area (Å²) in [6.07, 6.45) is 1.20. The van der Waals surface area contributed by atoms with Crippen molar-refractivity contribution in [3.05, 3.63) is 51.0 Å². The van der Waals surface area contributed by atoms with E-state index in [9.17, 15) is 4.79 Å². The second-order valence-electron chi connectivity index (χ2n) is 3.54. The Balaban J connectivity index is 2.43. The maximum Gasteiger partial charge on any atom is 0.273 e. The van der Waals surface area contributed by atoms with Gasteiger partial charge in [0.25, 0.3) is 5.56 Å². The molecule has 90 valence electrons. The summed E-state index contributed by atoms with van der Waals surface area (Å²) in [5.41, 5.74) is 0.791. The minimum Gasteiger partial charge on any atom is -0.437 e. The number of aromatic amines is 1. The third kappa shape index (κ3) is 2.34. The Morgan fingerprint density at radius 3 is 3.00 bits per heavy atom. The molecule has 0 aliphatic carbocycles. The van der Waals surface area contributed by atoms with Crippen molar-refractivity contribution in [2.75, 3.05) is 0 Å². The smallest absolute Gasteiger partial charge is 0.273 e. The Morgan fingerprint density at radius 2 is 2.28 bits per heavy atom. The number of hydrogen-bond acceptors (Lipinski definition) is 4. The first-order valence-electron chi connectivity index (χ1n) is 5.03. The zero-order valence-corrected chi connectivity index (χ0v) is 10.2. The van der Waals surface area contributed by atoms with Crippen molar-refractivity contribution in [2.24, 2.45) is 0 Å². The molecule has 2 rings (SSSR count). The molecule has 0 saturated heterocycles. The number of ether oxygens (including phenoxy) is 1. The standard InChI is InChI=1S/C12H8ClN3O2/c1-7-2-3-8(5-14)4-9(7)18-12-10(13)11(17)15-6-16-12/h2-4,6H,1H3,(H,15,16,17). The molecule has 1 heterocycles. The fourth-order valence-corrected chi connectivity index (χ4v) is 1.46. The lowest BCUT2D eigenvalue weighted by Crippen LogP contribution is -2.08. The minimum absolute atomic E-state index is 0.0126. The highest BCUT2D eigenvalue weighted by atomic mass is 35.5. The van der Waals surface area contributed by atoms with Gasteiger partial charge in [-0.2, -0.15) is 5.26 Å². The number of hydrogen-bond donors (Lipinski definition) is 1. The highest BCUT2D eigenvalue weighted by Crippen LogP contribution is 2.27. The summed E-state index contributed by atoms with van der Waals surface area (Å²) < 4.78 is 5.45. The normalized spacial score (nSPS) is 9.83. The Hall–Kier alpha value is -2.32. The Kier molecular flexibility index (Phi) is 3.31.